The summed E-state index contributed by atoms with van der Waals surface area (Å²) in [6.45, 7) is 2.82. The maximum Gasteiger partial charge on any atom is 0.163 e. The SMILES string of the molecule is Cc1nc2c(NCCCc3ccccc3)nc(-c3cccc(Cl)c3)nc2s1. The van der Waals surface area contributed by atoms with Crippen molar-refractivity contribution in [1.82, 2.24) is 15.0 Å². The molecule has 0 spiro atoms. The highest BCUT2D eigenvalue weighted by Gasteiger charge is 2.13. The average Bonchev–Trinajstić information content (AvgIpc) is 3.06. The molecule has 0 saturated heterocycles. The number of hydrogen-bond acceptors (Lipinski definition) is 5. The maximum atomic E-state index is 6.14. The molecule has 4 aromatic rings. The zero-order chi connectivity index (χ0) is 18.6. The molecule has 136 valence electrons. The second-order valence-corrected chi connectivity index (χ2v) is 7.93. The van der Waals surface area contributed by atoms with Crippen LogP contribution in [0.25, 0.3) is 21.7 Å². The van der Waals surface area contributed by atoms with Crippen molar-refractivity contribution in [2.24, 2.45) is 0 Å². The zero-order valence-corrected chi connectivity index (χ0v) is 16.5. The van der Waals surface area contributed by atoms with Gasteiger partial charge >= 0.3 is 0 Å². The highest BCUT2D eigenvalue weighted by molar-refractivity contribution is 7.18. The Morgan fingerprint density at radius 1 is 1.00 bits per heavy atom. The van der Waals surface area contributed by atoms with Crippen LogP contribution in [0.4, 0.5) is 5.82 Å². The van der Waals surface area contributed by atoms with Crippen molar-refractivity contribution >= 4 is 39.1 Å². The number of benzene rings is 2. The largest absolute Gasteiger partial charge is 0.368 e. The summed E-state index contributed by atoms with van der Waals surface area (Å²) in [6.07, 6.45) is 2.05. The maximum absolute atomic E-state index is 6.14. The van der Waals surface area contributed by atoms with Crippen LogP contribution in [0.2, 0.25) is 5.02 Å². The van der Waals surface area contributed by atoms with Crippen LogP contribution in [0.15, 0.2) is 54.6 Å². The molecule has 2 heterocycles. The van der Waals surface area contributed by atoms with E-state index >= 15 is 0 Å². The predicted octanol–water partition coefficient (Wildman–Crippen LogP) is 5.76. The lowest BCUT2D eigenvalue weighted by atomic mass is 10.1. The van der Waals surface area contributed by atoms with Gasteiger partial charge in [0, 0.05) is 17.1 Å². The number of nitrogens with one attached hydrogen (secondary N) is 1. The topological polar surface area (TPSA) is 50.7 Å². The highest BCUT2D eigenvalue weighted by atomic mass is 35.5. The average molecular weight is 395 g/mol. The first-order valence-corrected chi connectivity index (χ1v) is 10.1. The third kappa shape index (κ3) is 4.26. The molecule has 0 atom stereocenters. The predicted molar refractivity (Wildman–Crippen MR) is 114 cm³/mol. The second kappa shape index (κ2) is 8.03. The van der Waals surface area contributed by atoms with Gasteiger partial charge in [-0.2, -0.15) is 0 Å². The minimum Gasteiger partial charge on any atom is -0.368 e. The van der Waals surface area contributed by atoms with Gasteiger partial charge in [0.15, 0.2) is 11.6 Å². The summed E-state index contributed by atoms with van der Waals surface area (Å²) >= 11 is 7.72. The number of fused-ring (bicyclic) bond motifs is 1. The number of hydrogen-bond donors (Lipinski definition) is 1. The van der Waals surface area contributed by atoms with Crippen molar-refractivity contribution in [3.05, 3.63) is 70.2 Å². The molecule has 0 aliphatic carbocycles. The van der Waals surface area contributed by atoms with Gasteiger partial charge in [-0.15, -0.1) is 0 Å². The van der Waals surface area contributed by atoms with Crippen molar-refractivity contribution in [3.63, 3.8) is 0 Å². The van der Waals surface area contributed by atoms with Crippen molar-refractivity contribution in [2.45, 2.75) is 19.8 Å². The molecule has 4 rings (SSSR count). The summed E-state index contributed by atoms with van der Waals surface area (Å²) in [6, 6.07) is 18.1. The number of aryl methyl sites for hydroxylation is 2. The number of halogens is 1. The molecule has 0 saturated carbocycles. The van der Waals surface area contributed by atoms with E-state index < -0.39 is 0 Å². The van der Waals surface area contributed by atoms with E-state index in [9.17, 15) is 0 Å². The lowest BCUT2D eigenvalue weighted by Gasteiger charge is -2.09. The van der Waals surface area contributed by atoms with Gasteiger partial charge in [-0.1, -0.05) is 65.4 Å². The van der Waals surface area contributed by atoms with Crippen molar-refractivity contribution < 1.29 is 0 Å². The fourth-order valence-electron chi connectivity index (χ4n) is 2.95. The first-order chi connectivity index (χ1) is 13.2. The van der Waals surface area contributed by atoms with Crippen LogP contribution >= 0.6 is 22.9 Å². The lowest BCUT2D eigenvalue weighted by molar-refractivity contribution is 0.859. The summed E-state index contributed by atoms with van der Waals surface area (Å²) < 4.78 is 0. The molecule has 0 radical (unpaired) electrons. The highest BCUT2D eigenvalue weighted by Crippen LogP contribution is 2.29. The Bertz CT molecular complexity index is 1060. The van der Waals surface area contributed by atoms with E-state index in [4.69, 9.17) is 21.6 Å². The van der Waals surface area contributed by atoms with Crippen molar-refractivity contribution in [3.8, 4) is 11.4 Å². The first kappa shape index (κ1) is 17.9. The summed E-state index contributed by atoms with van der Waals surface area (Å²) in [5.41, 5.74) is 3.09. The molecule has 0 aliphatic rings. The fourth-order valence-corrected chi connectivity index (χ4v) is 3.93. The van der Waals surface area contributed by atoms with Gasteiger partial charge in [0.2, 0.25) is 0 Å². The van der Waals surface area contributed by atoms with Crippen LogP contribution < -0.4 is 5.32 Å². The van der Waals surface area contributed by atoms with Gasteiger partial charge in [0.05, 0.1) is 5.01 Å². The number of rotatable bonds is 6. The smallest absolute Gasteiger partial charge is 0.163 e. The number of anilines is 1. The second-order valence-electron chi connectivity index (χ2n) is 6.31. The number of thiazole rings is 1. The molecule has 1 N–H and O–H groups in total. The first-order valence-electron chi connectivity index (χ1n) is 8.88. The Labute approximate surface area is 167 Å². The van der Waals surface area contributed by atoms with Crippen LogP contribution in [0, 0.1) is 6.92 Å². The molecule has 0 amide bonds. The summed E-state index contributed by atoms with van der Waals surface area (Å²) in [5, 5.41) is 5.11. The van der Waals surface area contributed by atoms with Crippen LogP contribution in [0.3, 0.4) is 0 Å². The van der Waals surface area contributed by atoms with Gasteiger partial charge in [-0.3, -0.25) is 0 Å². The lowest BCUT2D eigenvalue weighted by Crippen LogP contribution is -2.06. The monoisotopic (exact) mass is 394 g/mol. The molecular weight excluding hydrogens is 376 g/mol. The standard InChI is InChI=1S/C21H19ClN4S/c1-14-24-18-20(23-12-6-9-15-7-3-2-4-8-15)25-19(26-21(18)27-14)16-10-5-11-17(22)13-16/h2-5,7-8,10-11,13H,6,9,12H2,1H3,(H,23,25,26). The third-order valence-electron chi connectivity index (χ3n) is 4.23. The summed E-state index contributed by atoms with van der Waals surface area (Å²) in [5.74, 6) is 1.45. The Hall–Kier alpha value is -2.50. The molecule has 2 aromatic carbocycles. The van der Waals surface area contributed by atoms with Crippen LogP contribution in [0.1, 0.15) is 17.0 Å². The van der Waals surface area contributed by atoms with Gasteiger partial charge in [0.25, 0.3) is 0 Å². The van der Waals surface area contributed by atoms with Gasteiger partial charge in [-0.25, -0.2) is 15.0 Å². The van der Waals surface area contributed by atoms with Crippen molar-refractivity contribution in [1.29, 1.82) is 0 Å². The van der Waals surface area contributed by atoms with Crippen molar-refractivity contribution in [2.75, 3.05) is 11.9 Å². The Balaban J connectivity index is 1.57. The molecular formula is C21H19ClN4S. The van der Waals surface area contributed by atoms with E-state index in [1.807, 2.05) is 37.3 Å². The molecule has 4 nitrogen and oxygen atoms in total. The Kier molecular flexibility index (Phi) is 5.32. The Morgan fingerprint density at radius 2 is 1.85 bits per heavy atom. The van der Waals surface area contributed by atoms with E-state index in [0.29, 0.717) is 10.8 Å². The molecule has 0 aliphatic heterocycles. The summed E-state index contributed by atoms with van der Waals surface area (Å²) in [4.78, 5) is 14.9. The third-order valence-corrected chi connectivity index (χ3v) is 5.33. The van der Waals surface area contributed by atoms with Gasteiger partial charge < -0.3 is 5.32 Å². The molecule has 27 heavy (non-hydrogen) atoms. The van der Waals surface area contributed by atoms with E-state index in [0.717, 1.165) is 46.1 Å². The molecule has 0 bridgehead atoms. The fraction of sp³-hybridized carbons (Fsp3) is 0.190. The minimum absolute atomic E-state index is 0.666. The van der Waals surface area contributed by atoms with E-state index in [1.54, 1.807) is 11.3 Å². The van der Waals surface area contributed by atoms with Crippen LogP contribution in [-0.4, -0.2) is 21.5 Å². The van der Waals surface area contributed by atoms with Crippen LogP contribution in [-0.2, 0) is 6.42 Å². The van der Waals surface area contributed by atoms with Crippen LogP contribution in [0.5, 0.6) is 0 Å². The molecule has 6 heteroatoms. The quantitative estimate of drug-likeness (QED) is 0.422. The van der Waals surface area contributed by atoms with E-state index in [-0.39, 0.29) is 0 Å². The molecule has 0 unspecified atom stereocenters. The number of nitrogens with zero attached hydrogens (tertiary/aromatic N) is 3. The van der Waals surface area contributed by atoms with E-state index in [2.05, 4.69) is 34.6 Å². The molecule has 0 fully saturated rings. The van der Waals surface area contributed by atoms with Gasteiger partial charge in [-0.05, 0) is 37.5 Å². The normalized spacial score (nSPS) is 11.0. The summed E-state index contributed by atoms with van der Waals surface area (Å²) in [7, 11) is 0. The zero-order valence-electron chi connectivity index (χ0n) is 14.9. The van der Waals surface area contributed by atoms with E-state index in [1.165, 1.54) is 5.56 Å². The molecule has 2 aromatic heterocycles. The minimum atomic E-state index is 0.666. The number of aromatic nitrogens is 3. The Morgan fingerprint density at radius 3 is 2.67 bits per heavy atom. The van der Waals surface area contributed by atoms with Gasteiger partial charge in [0.1, 0.15) is 10.3 Å².